The summed E-state index contributed by atoms with van der Waals surface area (Å²) in [5, 5.41) is 0. The third kappa shape index (κ3) is 4.53. The van der Waals surface area contributed by atoms with E-state index in [2.05, 4.69) is 103 Å². The lowest BCUT2D eigenvalue weighted by atomic mass is 9.73. The second-order valence-electron chi connectivity index (χ2n) is 10.1. The van der Waals surface area contributed by atoms with Gasteiger partial charge in [0.2, 0.25) is 0 Å². The summed E-state index contributed by atoms with van der Waals surface area (Å²) in [5.74, 6) is 0.356. The van der Waals surface area contributed by atoms with Gasteiger partial charge in [0.25, 0.3) is 0 Å². The smallest absolute Gasteiger partial charge is 0.127 e. The van der Waals surface area contributed by atoms with Gasteiger partial charge in [0, 0.05) is 15.7 Å². The molecule has 0 aliphatic carbocycles. The number of aryl methyl sites for hydroxylation is 1. The zero-order valence-corrected chi connectivity index (χ0v) is 21.7. The van der Waals surface area contributed by atoms with E-state index < -0.39 is 5.41 Å². The van der Waals surface area contributed by atoms with E-state index in [9.17, 15) is 0 Å². The van der Waals surface area contributed by atoms with Crippen LogP contribution in [0.2, 0.25) is 0 Å². The fraction of sp³-hybridized carbons (Fsp3) is 0.400. The Bertz CT molecular complexity index is 1090. The fourth-order valence-corrected chi connectivity index (χ4v) is 5.52. The monoisotopic (exact) mass is 448 g/mol. The van der Waals surface area contributed by atoms with Crippen LogP contribution in [-0.2, 0) is 17.3 Å². The summed E-state index contributed by atoms with van der Waals surface area (Å²) in [4.78, 5) is 1.31. The first-order valence-electron chi connectivity index (χ1n) is 11.6. The molecule has 0 aromatic heterocycles. The van der Waals surface area contributed by atoms with E-state index in [1.54, 1.807) is 17.8 Å². The number of hydrogen-bond donors (Lipinski definition) is 0. The van der Waals surface area contributed by atoms with Crippen LogP contribution in [0.3, 0.4) is 0 Å². The van der Waals surface area contributed by atoms with E-state index in [-0.39, 0.29) is 11.2 Å². The number of halogens is 1. The van der Waals surface area contributed by atoms with E-state index in [1.807, 2.05) is 6.07 Å². The van der Waals surface area contributed by atoms with Crippen molar-refractivity contribution in [1.82, 2.24) is 0 Å². The minimum absolute atomic E-state index is 0.129. The largest absolute Gasteiger partial charge is 0.207 e. The number of rotatable bonds is 7. The molecule has 0 saturated heterocycles. The second-order valence-corrected chi connectivity index (χ2v) is 10.9. The van der Waals surface area contributed by atoms with Crippen molar-refractivity contribution in [3.05, 3.63) is 99.9 Å². The molecule has 0 saturated carbocycles. The Balaban J connectivity index is 2.04. The molecule has 0 atom stereocenters. The normalized spacial score (nSPS) is 12.4. The summed E-state index contributed by atoms with van der Waals surface area (Å²) in [7, 11) is 0. The Kier molecular flexibility index (Phi) is 7.25. The lowest BCUT2D eigenvalue weighted by Gasteiger charge is -2.31. The molecule has 0 bridgehead atoms. The van der Waals surface area contributed by atoms with Gasteiger partial charge in [-0.2, -0.15) is 0 Å². The fourth-order valence-electron chi connectivity index (χ4n) is 4.74. The van der Waals surface area contributed by atoms with Crippen molar-refractivity contribution in [2.75, 3.05) is 6.26 Å². The molecule has 0 radical (unpaired) electrons. The van der Waals surface area contributed by atoms with Crippen LogP contribution in [0.15, 0.2) is 65.6 Å². The molecule has 170 valence electrons. The van der Waals surface area contributed by atoms with Gasteiger partial charge in [0.1, 0.15) is 5.82 Å². The summed E-state index contributed by atoms with van der Waals surface area (Å²) in [6.45, 7) is 15.2. The van der Waals surface area contributed by atoms with Crippen molar-refractivity contribution in [2.24, 2.45) is 0 Å². The van der Waals surface area contributed by atoms with Gasteiger partial charge in [0.15, 0.2) is 0 Å². The third-order valence-corrected chi connectivity index (χ3v) is 7.81. The molecule has 0 heterocycles. The Hall–Kier alpha value is -2.06. The van der Waals surface area contributed by atoms with Gasteiger partial charge in [-0.3, -0.25) is 0 Å². The van der Waals surface area contributed by atoms with E-state index in [4.69, 9.17) is 0 Å². The molecule has 0 amide bonds. The first kappa shape index (κ1) is 24.6. The average molecular weight is 449 g/mol. The zero-order valence-electron chi connectivity index (χ0n) is 20.8. The van der Waals surface area contributed by atoms with Crippen LogP contribution in [0.25, 0.3) is 0 Å². The lowest BCUT2D eigenvalue weighted by Crippen LogP contribution is -2.24. The van der Waals surface area contributed by atoms with Crippen molar-refractivity contribution < 1.29 is 4.39 Å². The van der Waals surface area contributed by atoms with Crippen LogP contribution in [0, 0.1) is 5.82 Å². The highest BCUT2D eigenvalue weighted by molar-refractivity contribution is 7.98. The van der Waals surface area contributed by atoms with Crippen LogP contribution >= 0.6 is 11.8 Å². The van der Waals surface area contributed by atoms with Crippen molar-refractivity contribution >= 4 is 11.8 Å². The summed E-state index contributed by atoms with van der Waals surface area (Å²) in [6.07, 6.45) is 3.07. The predicted octanol–water partition coefficient (Wildman–Crippen LogP) is 8.89. The summed E-state index contributed by atoms with van der Waals surface area (Å²) < 4.78 is 15.6. The molecular weight excluding hydrogens is 411 g/mol. The molecule has 0 spiro atoms. The van der Waals surface area contributed by atoms with Gasteiger partial charge in [-0.15, -0.1) is 11.8 Å². The molecule has 0 nitrogen and oxygen atoms in total. The van der Waals surface area contributed by atoms with Gasteiger partial charge in [0.05, 0.1) is 0 Å². The molecular formula is C30H37FS. The minimum atomic E-state index is -0.399. The van der Waals surface area contributed by atoms with Crippen LogP contribution < -0.4 is 0 Å². The summed E-state index contributed by atoms with van der Waals surface area (Å²) in [5.41, 5.74) is 6.12. The maximum absolute atomic E-state index is 15.6. The predicted molar refractivity (Wildman–Crippen MR) is 139 cm³/mol. The van der Waals surface area contributed by atoms with Crippen LogP contribution in [0.4, 0.5) is 4.39 Å². The summed E-state index contributed by atoms with van der Waals surface area (Å²) >= 11 is 1.79. The topological polar surface area (TPSA) is 0 Å². The summed E-state index contributed by atoms with van der Waals surface area (Å²) in [6, 6.07) is 21.0. The van der Waals surface area contributed by atoms with Crippen LogP contribution in [0.5, 0.6) is 0 Å². The van der Waals surface area contributed by atoms with Crippen molar-refractivity contribution in [3.63, 3.8) is 0 Å². The Labute approximate surface area is 198 Å². The Morgan fingerprint density at radius 2 is 1.44 bits per heavy atom. The second kappa shape index (κ2) is 9.43. The maximum Gasteiger partial charge on any atom is 0.127 e. The lowest BCUT2D eigenvalue weighted by molar-refractivity contribution is 0.537. The molecule has 3 aromatic rings. The standard InChI is InChI=1S/C30H37FS/c1-9-21-12-10-11-13-25(21)30(6,7)26-17-15-22(18-27(26)31)29(4,5)23-14-16-24(20(2)3)28(19-23)32-8/h10-20H,9H2,1-8H3. The molecule has 3 rings (SSSR count). The number of thioether (sulfide) groups is 1. The van der Waals surface area contributed by atoms with Crippen LogP contribution in [0.1, 0.15) is 87.8 Å². The molecule has 32 heavy (non-hydrogen) atoms. The van der Waals surface area contributed by atoms with E-state index >= 15 is 4.39 Å². The first-order chi connectivity index (χ1) is 15.0. The van der Waals surface area contributed by atoms with Crippen molar-refractivity contribution in [3.8, 4) is 0 Å². The van der Waals surface area contributed by atoms with Gasteiger partial charge in [-0.05, 0) is 64.1 Å². The molecule has 0 unspecified atom stereocenters. The molecule has 0 N–H and O–H groups in total. The van der Waals surface area contributed by atoms with Gasteiger partial charge >= 0.3 is 0 Å². The zero-order chi connectivity index (χ0) is 23.7. The molecule has 3 aromatic carbocycles. The van der Waals surface area contributed by atoms with E-state index in [1.165, 1.54) is 27.1 Å². The first-order valence-corrected chi connectivity index (χ1v) is 12.8. The molecule has 2 heteroatoms. The highest BCUT2D eigenvalue weighted by atomic mass is 32.2. The average Bonchev–Trinajstić information content (AvgIpc) is 2.78. The molecule has 0 fully saturated rings. The van der Waals surface area contributed by atoms with Gasteiger partial charge < -0.3 is 0 Å². The quantitative estimate of drug-likeness (QED) is 0.325. The third-order valence-electron chi connectivity index (χ3n) is 7.01. The van der Waals surface area contributed by atoms with Gasteiger partial charge in [-0.25, -0.2) is 4.39 Å². The minimum Gasteiger partial charge on any atom is -0.207 e. The van der Waals surface area contributed by atoms with E-state index in [0.717, 1.165) is 17.5 Å². The Morgan fingerprint density at radius 3 is 2.03 bits per heavy atom. The van der Waals surface area contributed by atoms with E-state index in [0.29, 0.717) is 5.92 Å². The highest BCUT2D eigenvalue weighted by Crippen LogP contribution is 2.40. The SMILES string of the molecule is CCc1ccccc1C(C)(C)c1ccc(C(C)(C)c2ccc(C(C)C)c(SC)c2)cc1F. The van der Waals surface area contributed by atoms with Crippen molar-refractivity contribution in [1.29, 1.82) is 0 Å². The van der Waals surface area contributed by atoms with Gasteiger partial charge in [-0.1, -0.05) is 97.0 Å². The molecule has 0 aliphatic rings. The number of benzene rings is 3. The highest BCUT2D eigenvalue weighted by Gasteiger charge is 2.31. The van der Waals surface area contributed by atoms with Crippen LogP contribution in [-0.4, -0.2) is 6.26 Å². The Morgan fingerprint density at radius 1 is 0.812 bits per heavy atom. The van der Waals surface area contributed by atoms with Crippen molar-refractivity contribution in [2.45, 2.75) is 76.5 Å². The maximum atomic E-state index is 15.6. The molecule has 0 aliphatic heterocycles. The number of hydrogen-bond acceptors (Lipinski definition) is 1.